The number of ether oxygens (including phenoxy) is 1. The van der Waals surface area contributed by atoms with Crippen LogP contribution in [0.2, 0.25) is 0 Å². The number of esters is 1. The zero-order valence-electron chi connectivity index (χ0n) is 16.9. The smallest absolute Gasteiger partial charge is 0.310 e. The van der Waals surface area contributed by atoms with Crippen molar-refractivity contribution in [2.45, 2.75) is 12.8 Å². The summed E-state index contributed by atoms with van der Waals surface area (Å²) in [6, 6.07) is 14.2. The molecule has 0 saturated carbocycles. The van der Waals surface area contributed by atoms with E-state index in [1.165, 1.54) is 24.8 Å². The van der Waals surface area contributed by atoms with Crippen LogP contribution in [-0.4, -0.2) is 45.7 Å². The van der Waals surface area contributed by atoms with Gasteiger partial charge in [-0.1, -0.05) is 42.5 Å². The van der Waals surface area contributed by atoms with Crippen molar-refractivity contribution in [2.75, 3.05) is 13.7 Å². The second kappa shape index (κ2) is 9.48. The highest BCUT2D eigenvalue weighted by Crippen LogP contribution is 2.20. The van der Waals surface area contributed by atoms with Crippen LogP contribution in [0.4, 0.5) is 0 Å². The van der Waals surface area contributed by atoms with Crippen LogP contribution >= 0.6 is 11.3 Å². The topological polar surface area (TPSA) is 110 Å². The van der Waals surface area contributed by atoms with Crippen LogP contribution in [0.1, 0.15) is 11.3 Å². The zero-order valence-corrected chi connectivity index (χ0v) is 17.7. The van der Waals surface area contributed by atoms with Gasteiger partial charge in [-0.25, -0.2) is 9.97 Å². The Hall–Kier alpha value is -3.59. The SMILES string of the molecule is COC(=O)C(CNC(=O)Cc1csc(-c2ncn[nH]2)n1)Cc1ccc2ccccc2c1. The number of rotatable bonds is 8. The average Bonchev–Trinajstić information content (AvgIpc) is 3.48. The summed E-state index contributed by atoms with van der Waals surface area (Å²) in [6.07, 6.45) is 2.00. The van der Waals surface area contributed by atoms with E-state index in [-0.39, 0.29) is 24.8 Å². The number of aromatic nitrogens is 4. The quantitative estimate of drug-likeness (QED) is 0.412. The van der Waals surface area contributed by atoms with Gasteiger partial charge in [-0.05, 0) is 22.8 Å². The van der Waals surface area contributed by atoms with E-state index in [9.17, 15) is 9.59 Å². The molecule has 9 heteroatoms. The number of thiazole rings is 1. The highest BCUT2D eigenvalue weighted by Gasteiger charge is 2.21. The number of carbonyl (C=O) groups excluding carboxylic acids is 2. The van der Waals surface area contributed by atoms with Crippen LogP contribution in [-0.2, 0) is 27.2 Å². The molecule has 0 bridgehead atoms. The predicted molar refractivity (Wildman–Crippen MR) is 117 cm³/mol. The maximum absolute atomic E-state index is 12.4. The molecule has 2 N–H and O–H groups in total. The molecule has 1 atom stereocenters. The molecule has 1 unspecified atom stereocenters. The van der Waals surface area contributed by atoms with Crippen LogP contribution in [0.15, 0.2) is 54.2 Å². The molecule has 31 heavy (non-hydrogen) atoms. The lowest BCUT2D eigenvalue weighted by Gasteiger charge is -2.16. The molecule has 2 aromatic heterocycles. The van der Waals surface area contributed by atoms with E-state index >= 15 is 0 Å². The minimum absolute atomic E-state index is 0.120. The molecule has 0 aliphatic rings. The number of hydrogen-bond acceptors (Lipinski definition) is 7. The molecule has 4 aromatic rings. The Morgan fingerprint density at radius 1 is 1.19 bits per heavy atom. The second-order valence-electron chi connectivity index (χ2n) is 7.06. The van der Waals surface area contributed by atoms with E-state index < -0.39 is 5.92 Å². The van der Waals surface area contributed by atoms with Crippen LogP contribution in [0.5, 0.6) is 0 Å². The molecule has 2 heterocycles. The molecule has 4 rings (SSSR count). The van der Waals surface area contributed by atoms with E-state index in [1.807, 2.05) is 41.8 Å². The molecule has 158 valence electrons. The standard InChI is InChI=1S/C22H21N5O3S/c1-30-22(29)17(9-14-6-7-15-4-2-3-5-16(15)8-14)11-23-19(28)10-18-12-31-21(26-18)20-24-13-25-27-20/h2-8,12-13,17H,9-11H2,1H3,(H,23,28)(H,24,25,27). The summed E-state index contributed by atoms with van der Waals surface area (Å²) in [5, 5.41) is 14.1. The number of nitrogens with one attached hydrogen (secondary N) is 2. The summed E-state index contributed by atoms with van der Waals surface area (Å²) in [7, 11) is 1.36. The van der Waals surface area contributed by atoms with Gasteiger partial charge in [0.15, 0.2) is 10.8 Å². The number of hydrogen-bond donors (Lipinski definition) is 2. The summed E-state index contributed by atoms with van der Waals surface area (Å²) in [5.74, 6) is -0.468. The molecule has 0 aliphatic heterocycles. The van der Waals surface area contributed by atoms with Gasteiger partial charge in [-0.15, -0.1) is 11.3 Å². The van der Waals surface area contributed by atoms with Gasteiger partial charge in [0, 0.05) is 11.9 Å². The lowest BCUT2D eigenvalue weighted by molar-refractivity contribution is -0.145. The van der Waals surface area contributed by atoms with Crippen LogP contribution in [0.3, 0.4) is 0 Å². The Morgan fingerprint density at radius 3 is 2.81 bits per heavy atom. The summed E-state index contributed by atoms with van der Waals surface area (Å²) in [5.41, 5.74) is 1.65. The lowest BCUT2D eigenvalue weighted by atomic mass is 9.97. The lowest BCUT2D eigenvalue weighted by Crippen LogP contribution is -2.35. The minimum atomic E-state index is -0.477. The van der Waals surface area contributed by atoms with Gasteiger partial charge < -0.3 is 10.1 Å². The maximum Gasteiger partial charge on any atom is 0.310 e. The fraction of sp³-hybridized carbons (Fsp3) is 0.227. The Bertz CT molecular complexity index is 1190. The van der Waals surface area contributed by atoms with Crippen LogP contribution in [0, 0.1) is 5.92 Å². The first-order chi connectivity index (χ1) is 15.1. The minimum Gasteiger partial charge on any atom is -0.469 e. The first-order valence-electron chi connectivity index (χ1n) is 9.74. The summed E-state index contributed by atoms with van der Waals surface area (Å²) in [4.78, 5) is 33.2. The third-order valence-electron chi connectivity index (χ3n) is 4.89. The van der Waals surface area contributed by atoms with Crippen molar-refractivity contribution < 1.29 is 14.3 Å². The number of nitrogens with zero attached hydrogens (tertiary/aromatic N) is 3. The molecule has 0 spiro atoms. The van der Waals surface area contributed by atoms with Gasteiger partial charge in [0.05, 0.1) is 25.1 Å². The van der Waals surface area contributed by atoms with E-state index in [4.69, 9.17) is 4.74 Å². The normalized spacial score (nSPS) is 11.9. The van der Waals surface area contributed by atoms with Crippen LogP contribution in [0.25, 0.3) is 21.6 Å². The highest BCUT2D eigenvalue weighted by molar-refractivity contribution is 7.13. The number of amides is 1. The van der Waals surface area contributed by atoms with Crippen molar-refractivity contribution in [2.24, 2.45) is 5.92 Å². The number of fused-ring (bicyclic) bond motifs is 1. The molecule has 0 fully saturated rings. The third-order valence-corrected chi connectivity index (χ3v) is 5.78. The number of methoxy groups -OCH3 is 1. The summed E-state index contributed by atoms with van der Waals surface area (Å²) >= 11 is 1.39. The largest absolute Gasteiger partial charge is 0.469 e. The average molecular weight is 436 g/mol. The number of benzene rings is 2. The van der Waals surface area contributed by atoms with E-state index in [0.29, 0.717) is 22.9 Å². The Balaban J connectivity index is 1.37. The molecular weight excluding hydrogens is 414 g/mol. The Labute approximate surface area is 182 Å². The number of carbonyl (C=O) groups is 2. The molecule has 8 nitrogen and oxygen atoms in total. The van der Waals surface area contributed by atoms with Crippen molar-refractivity contribution in [3.8, 4) is 10.8 Å². The molecule has 0 aliphatic carbocycles. The maximum atomic E-state index is 12.4. The molecule has 0 radical (unpaired) electrons. The van der Waals surface area contributed by atoms with Crippen molar-refractivity contribution in [3.63, 3.8) is 0 Å². The van der Waals surface area contributed by atoms with Gasteiger partial charge >= 0.3 is 5.97 Å². The fourth-order valence-electron chi connectivity index (χ4n) is 3.33. The van der Waals surface area contributed by atoms with E-state index in [0.717, 1.165) is 16.3 Å². The van der Waals surface area contributed by atoms with Crippen molar-refractivity contribution in [1.82, 2.24) is 25.5 Å². The van der Waals surface area contributed by atoms with E-state index in [1.54, 1.807) is 0 Å². The molecule has 0 saturated heterocycles. The summed E-state index contributed by atoms with van der Waals surface area (Å²) in [6.45, 7) is 0.192. The second-order valence-corrected chi connectivity index (χ2v) is 7.92. The molecule has 2 aromatic carbocycles. The van der Waals surface area contributed by atoms with E-state index in [2.05, 4.69) is 31.5 Å². The van der Waals surface area contributed by atoms with Crippen molar-refractivity contribution in [1.29, 1.82) is 0 Å². The first kappa shape index (κ1) is 20.7. The fourth-order valence-corrected chi connectivity index (χ4v) is 4.09. The van der Waals surface area contributed by atoms with Crippen LogP contribution < -0.4 is 5.32 Å². The molecule has 1 amide bonds. The Morgan fingerprint density at radius 2 is 2.03 bits per heavy atom. The monoisotopic (exact) mass is 435 g/mol. The first-order valence-corrected chi connectivity index (χ1v) is 10.6. The van der Waals surface area contributed by atoms with Gasteiger partial charge in [0.25, 0.3) is 0 Å². The van der Waals surface area contributed by atoms with Gasteiger partial charge in [-0.3, -0.25) is 14.7 Å². The van der Waals surface area contributed by atoms with Gasteiger partial charge in [-0.2, -0.15) is 5.10 Å². The number of aromatic amines is 1. The zero-order chi connectivity index (χ0) is 21.6. The van der Waals surface area contributed by atoms with Crippen molar-refractivity contribution in [3.05, 3.63) is 65.4 Å². The predicted octanol–water partition coefficient (Wildman–Crippen LogP) is 2.77. The summed E-state index contributed by atoms with van der Waals surface area (Å²) < 4.78 is 4.95. The Kier molecular flexibility index (Phi) is 6.32. The third kappa shape index (κ3) is 5.13. The molecular formula is C22H21N5O3S. The number of H-pyrrole nitrogens is 1. The van der Waals surface area contributed by atoms with Crippen molar-refractivity contribution >= 4 is 34.0 Å². The highest BCUT2D eigenvalue weighted by atomic mass is 32.1. The van der Waals surface area contributed by atoms with Gasteiger partial charge in [0.2, 0.25) is 5.91 Å². The van der Waals surface area contributed by atoms with Gasteiger partial charge in [0.1, 0.15) is 6.33 Å².